The molecule has 1 amide bonds. The summed E-state index contributed by atoms with van der Waals surface area (Å²) in [4.78, 5) is 14.8. The van der Waals surface area contributed by atoms with Gasteiger partial charge in [-0.1, -0.05) is 31.4 Å². The molecule has 1 aromatic rings. The normalized spacial score (nSPS) is 18.6. The van der Waals surface area contributed by atoms with E-state index in [4.69, 9.17) is 4.74 Å². The molecule has 0 spiro atoms. The highest BCUT2D eigenvalue weighted by atomic mass is 16.5. The molecule has 2 aliphatic carbocycles. The third-order valence-corrected chi connectivity index (χ3v) is 5.28. The molecule has 3 rings (SSSR count). The van der Waals surface area contributed by atoms with Gasteiger partial charge in [-0.05, 0) is 49.3 Å². The molecular formula is C20H30N2O2. The number of hydrogen-bond acceptors (Lipinski definition) is 3. The van der Waals surface area contributed by atoms with E-state index in [-0.39, 0.29) is 5.91 Å². The average molecular weight is 330 g/mol. The minimum Gasteiger partial charge on any atom is -0.497 e. The number of hydrogen-bond donors (Lipinski definition) is 1. The molecule has 2 saturated carbocycles. The van der Waals surface area contributed by atoms with Crippen molar-refractivity contribution in [2.75, 3.05) is 20.2 Å². The number of rotatable bonds is 8. The predicted molar refractivity (Wildman–Crippen MR) is 96.0 cm³/mol. The van der Waals surface area contributed by atoms with Gasteiger partial charge >= 0.3 is 0 Å². The maximum absolute atomic E-state index is 12.3. The van der Waals surface area contributed by atoms with Crippen LogP contribution in [-0.4, -0.2) is 37.0 Å². The van der Waals surface area contributed by atoms with Gasteiger partial charge in [0.25, 0.3) is 0 Å². The van der Waals surface area contributed by atoms with Gasteiger partial charge in [0, 0.05) is 19.1 Å². The molecule has 1 N–H and O–H groups in total. The standard InChI is InChI=1S/C20H30N2O2/c1-24-19-11-7-16(8-12-19)13-21-20(23)15-22(18-9-10-18)14-17-5-3-2-4-6-17/h7-8,11-12,17-18H,2-6,9-10,13-15H2,1H3,(H,21,23). The third-order valence-electron chi connectivity index (χ3n) is 5.28. The Bertz CT molecular complexity index is 519. The van der Waals surface area contributed by atoms with Crippen LogP contribution in [0.15, 0.2) is 24.3 Å². The van der Waals surface area contributed by atoms with Crippen LogP contribution in [0.25, 0.3) is 0 Å². The van der Waals surface area contributed by atoms with Crippen molar-refractivity contribution in [3.05, 3.63) is 29.8 Å². The van der Waals surface area contributed by atoms with Crippen molar-refractivity contribution < 1.29 is 9.53 Å². The Hall–Kier alpha value is -1.55. The number of amides is 1. The van der Waals surface area contributed by atoms with Crippen molar-refractivity contribution >= 4 is 5.91 Å². The molecule has 132 valence electrons. The van der Waals surface area contributed by atoms with Crippen LogP contribution >= 0.6 is 0 Å². The van der Waals surface area contributed by atoms with Gasteiger partial charge in [0.2, 0.25) is 5.91 Å². The van der Waals surface area contributed by atoms with E-state index in [2.05, 4.69) is 10.2 Å². The van der Waals surface area contributed by atoms with Crippen LogP contribution in [0.5, 0.6) is 5.75 Å². The minimum atomic E-state index is 0.147. The summed E-state index contributed by atoms with van der Waals surface area (Å²) in [6.45, 7) is 2.25. The fraction of sp³-hybridized carbons (Fsp3) is 0.650. The summed E-state index contributed by atoms with van der Waals surface area (Å²) in [7, 11) is 1.66. The van der Waals surface area contributed by atoms with E-state index < -0.39 is 0 Å². The zero-order chi connectivity index (χ0) is 16.8. The maximum Gasteiger partial charge on any atom is 0.234 e. The molecule has 4 nitrogen and oxygen atoms in total. The Kier molecular flexibility index (Phi) is 6.13. The smallest absolute Gasteiger partial charge is 0.234 e. The molecule has 0 saturated heterocycles. The first-order valence-electron chi connectivity index (χ1n) is 9.38. The molecule has 0 bridgehead atoms. The lowest BCUT2D eigenvalue weighted by atomic mass is 9.89. The van der Waals surface area contributed by atoms with E-state index in [9.17, 15) is 4.79 Å². The summed E-state index contributed by atoms with van der Waals surface area (Å²) in [5.41, 5.74) is 1.11. The molecule has 1 aromatic carbocycles. The Morgan fingerprint density at radius 2 is 1.83 bits per heavy atom. The first kappa shape index (κ1) is 17.3. The molecular weight excluding hydrogens is 300 g/mol. The number of nitrogens with zero attached hydrogens (tertiary/aromatic N) is 1. The maximum atomic E-state index is 12.3. The van der Waals surface area contributed by atoms with E-state index >= 15 is 0 Å². The minimum absolute atomic E-state index is 0.147. The highest BCUT2D eigenvalue weighted by Crippen LogP contribution is 2.31. The fourth-order valence-electron chi connectivity index (χ4n) is 3.67. The molecule has 2 fully saturated rings. The SMILES string of the molecule is COc1ccc(CNC(=O)CN(CC2CCCCC2)C2CC2)cc1. The van der Waals surface area contributed by atoms with Crippen LogP contribution in [0.1, 0.15) is 50.5 Å². The van der Waals surface area contributed by atoms with Gasteiger partial charge in [0.05, 0.1) is 13.7 Å². The van der Waals surface area contributed by atoms with Gasteiger partial charge in [-0.15, -0.1) is 0 Å². The number of ether oxygens (including phenoxy) is 1. The molecule has 0 heterocycles. The van der Waals surface area contributed by atoms with Gasteiger partial charge in [0.15, 0.2) is 0 Å². The second kappa shape index (κ2) is 8.52. The van der Waals surface area contributed by atoms with Crippen molar-refractivity contribution in [3.8, 4) is 5.75 Å². The predicted octanol–water partition coefficient (Wildman–Crippen LogP) is 3.36. The molecule has 0 aromatic heterocycles. The molecule has 0 radical (unpaired) electrons. The topological polar surface area (TPSA) is 41.6 Å². The average Bonchev–Trinajstić information content (AvgIpc) is 3.46. The largest absolute Gasteiger partial charge is 0.497 e. The second-order valence-corrected chi connectivity index (χ2v) is 7.29. The third kappa shape index (κ3) is 5.23. The molecule has 0 atom stereocenters. The lowest BCUT2D eigenvalue weighted by Gasteiger charge is -2.29. The van der Waals surface area contributed by atoms with Gasteiger partial charge in [-0.2, -0.15) is 0 Å². The van der Waals surface area contributed by atoms with E-state index in [1.54, 1.807) is 7.11 Å². The van der Waals surface area contributed by atoms with E-state index in [0.29, 0.717) is 19.1 Å². The Morgan fingerprint density at radius 1 is 1.12 bits per heavy atom. The van der Waals surface area contributed by atoms with Crippen molar-refractivity contribution in [1.29, 1.82) is 0 Å². The van der Waals surface area contributed by atoms with Crippen LogP contribution in [0.4, 0.5) is 0 Å². The van der Waals surface area contributed by atoms with Gasteiger partial charge in [-0.3, -0.25) is 9.69 Å². The Balaban J connectivity index is 1.44. The molecule has 0 unspecified atom stereocenters. The summed E-state index contributed by atoms with van der Waals surface area (Å²) in [6, 6.07) is 8.51. The fourth-order valence-corrected chi connectivity index (χ4v) is 3.67. The van der Waals surface area contributed by atoms with Gasteiger partial charge in [-0.25, -0.2) is 0 Å². The summed E-state index contributed by atoms with van der Waals surface area (Å²) in [5, 5.41) is 3.07. The summed E-state index contributed by atoms with van der Waals surface area (Å²) in [6.07, 6.45) is 9.34. The number of benzene rings is 1. The summed E-state index contributed by atoms with van der Waals surface area (Å²) < 4.78 is 5.16. The van der Waals surface area contributed by atoms with E-state index in [0.717, 1.165) is 23.8 Å². The zero-order valence-corrected chi connectivity index (χ0v) is 14.8. The molecule has 0 aliphatic heterocycles. The van der Waals surface area contributed by atoms with Crippen LogP contribution in [-0.2, 0) is 11.3 Å². The van der Waals surface area contributed by atoms with Crippen LogP contribution in [0.3, 0.4) is 0 Å². The Morgan fingerprint density at radius 3 is 2.46 bits per heavy atom. The first-order valence-corrected chi connectivity index (χ1v) is 9.38. The van der Waals surface area contributed by atoms with Crippen LogP contribution in [0, 0.1) is 5.92 Å². The lowest BCUT2D eigenvalue weighted by Crippen LogP contribution is -2.41. The lowest BCUT2D eigenvalue weighted by molar-refractivity contribution is -0.122. The quantitative estimate of drug-likeness (QED) is 0.795. The number of carbonyl (C=O) groups excluding carboxylic acids is 1. The first-order chi connectivity index (χ1) is 11.7. The highest BCUT2D eigenvalue weighted by Gasteiger charge is 2.32. The monoisotopic (exact) mass is 330 g/mol. The van der Waals surface area contributed by atoms with Crippen molar-refractivity contribution in [1.82, 2.24) is 10.2 Å². The van der Waals surface area contributed by atoms with Crippen molar-refractivity contribution in [3.63, 3.8) is 0 Å². The number of methoxy groups -OCH3 is 1. The van der Waals surface area contributed by atoms with Crippen LogP contribution in [0.2, 0.25) is 0 Å². The van der Waals surface area contributed by atoms with E-state index in [1.165, 1.54) is 44.9 Å². The summed E-state index contributed by atoms with van der Waals surface area (Å²) in [5.74, 6) is 1.79. The second-order valence-electron chi connectivity index (χ2n) is 7.29. The van der Waals surface area contributed by atoms with Crippen molar-refractivity contribution in [2.24, 2.45) is 5.92 Å². The number of nitrogens with one attached hydrogen (secondary N) is 1. The number of carbonyl (C=O) groups is 1. The summed E-state index contributed by atoms with van der Waals surface area (Å²) >= 11 is 0. The van der Waals surface area contributed by atoms with Crippen LogP contribution < -0.4 is 10.1 Å². The molecule has 4 heteroatoms. The molecule has 2 aliphatic rings. The Labute approximate surface area is 145 Å². The van der Waals surface area contributed by atoms with Gasteiger partial charge in [0.1, 0.15) is 5.75 Å². The van der Waals surface area contributed by atoms with Gasteiger partial charge < -0.3 is 10.1 Å². The zero-order valence-electron chi connectivity index (χ0n) is 14.8. The van der Waals surface area contributed by atoms with E-state index in [1.807, 2.05) is 24.3 Å². The molecule has 24 heavy (non-hydrogen) atoms. The highest BCUT2D eigenvalue weighted by molar-refractivity contribution is 5.78. The van der Waals surface area contributed by atoms with Crippen molar-refractivity contribution in [2.45, 2.75) is 57.5 Å².